The minimum Gasteiger partial charge on any atom is -0.274 e. The SMILES string of the molecule is CON(C)C(=O)c1ccc(-c2ccc3nnn(Cc4ccc5ncccc5c4)c3n2)cc1F. The quantitative estimate of drug-likeness (QED) is 0.384. The van der Waals surface area contributed by atoms with Crippen LogP contribution in [0.4, 0.5) is 4.39 Å². The van der Waals surface area contributed by atoms with Gasteiger partial charge >= 0.3 is 0 Å². The third kappa shape index (κ3) is 3.90. The fraction of sp³-hybridized carbons (Fsp3) is 0.125. The van der Waals surface area contributed by atoms with Crippen molar-refractivity contribution in [1.82, 2.24) is 30.0 Å². The molecule has 0 unspecified atom stereocenters. The first-order valence-corrected chi connectivity index (χ1v) is 10.2. The number of fused-ring (bicyclic) bond motifs is 2. The number of carbonyl (C=O) groups excluding carboxylic acids is 1. The number of carbonyl (C=O) groups is 1. The summed E-state index contributed by atoms with van der Waals surface area (Å²) < 4.78 is 16.4. The van der Waals surface area contributed by atoms with Crippen molar-refractivity contribution in [2.75, 3.05) is 14.2 Å². The molecule has 3 aromatic heterocycles. The molecule has 0 spiro atoms. The standard InChI is InChI=1S/C24H19FN6O2/c1-30(33-2)24(32)18-7-6-17(13-19(18)25)21-9-10-22-23(27-21)31(29-28-22)14-15-5-8-20-16(12-15)4-3-11-26-20/h3-13H,14H2,1-2H3. The molecule has 5 rings (SSSR count). The normalized spacial score (nSPS) is 11.2. The van der Waals surface area contributed by atoms with E-state index in [-0.39, 0.29) is 5.56 Å². The fourth-order valence-corrected chi connectivity index (χ4v) is 3.62. The second-order valence-corrected chi connectivity index (χ2v) is 7.50. The van der Waals surface area contributed by atoms with E-state index in [1.54, 1.807) is 29.1 Å². The Hall–Kier alpha value is -4.24. The van der Waals surface area contributed by atoms with E-state index in [0.29, 0.717) is 29.0 Å². The lowest BCUT2D eigenvalue weighted by molar-refractivity contribution is -0.0759. The van der Waals surface area contributed by atoms with E-state index >= 15 is 0 Å². The van der Waals surface area contributed by atoms with Gasteiger partial charge in [0, 0.05) is 24.2 Å². The average Bonchev–Trinajstić information content (AvgIpc) is 3.24. The fourth-order valence-electron chi connectivity index (χ4n) is 3.62. The Morgan fingerprint density at radius 3 is 2.76 bits per heavy atom. The van der Waals surface area contributed by atoms with E-state index in [2.05, 4.69) is 26.3 Å². The summed E-state index contributed by atoms with van der Waals surface area (Å²) in [5.74, 6) is -1.22. The summed E-state index contributed by atoms with van der Waals surface area (Å²) >= 11 is 0. The Labute approximate surface area is 188 Å². The zero-order valence-corrected chi connectivity index (χ0v) is 17.9. The summed E-state index contributed by atoms with van der Waals surface area (Å²) in [6.45, 7) is 0.475. The van der Waals surface area contributed by atoms with Gasteiger partial charge in [-0.3, -0.25) is 14.6 Å². The van der Waals surface area contributed by atoms with Crippen LogP contribution in [0.1, 0.15) is 15.9 Å². The van der Waals surface area contributed by atoms with Crippen LogP contribution in [0, 0.1) is 5.82 Å². The molecule has 2 aromatic carbocycles. The first-order chi connectivity index (χ1) is 16.0. The molecule has 0 atom stereocenters. The summed E-state index contributed by atoms with van der Waals surface area (Å²) in [7, 11) is 2.76. The zero-order valence-electron chi connectivity index (χ0n) is 17.9. The van der Waals surface area contributed by atoms with Gasteiger partial charge in [0.1, 0.15) is 11.3 Å². The number of rotatable bonds is 5. The molecule has 33 heavy (non-hydrogen) atoms. The number of aromatic nitrogens is 5. The smallest absolute Gasteiger partial charge is 0.274 e. The maximum atomic E-state index is 14.7. The van der Waals surface area contributed by atoms with Crippen LogP contribution in [-0.2, 0) is 11.4 Å². The molecule has 5 aromatic rings. The maximum Gasteiger partial charge on any atom is 0.280 e. The first kappa shape index (κ1) is 20.7. The van der Waals surface area contributed by atoms with Gasteiger partial charge in [-0.05, 0) is 48.0 Å². The Morgan fingerprint density at radius 2 is 1.94 bits per heavy atom. The summed E-state index contributed by atoms with van der Waals surface area (Å²) in [6, 6.07) is 17.8. The van der Waals surface area contributed by atoms with Crippen molar-refractivity contribution in [2.45, 2.75) is 6.54 Å². The number of amides is 1. The van der Waals surface area contributed by atoms with Crippen molar-refractivity contribution in [1.29, 1.82) is 0 Å². The van der Waals surface area contributed by atoms with Gasteiger partial charge in [-0.25, -0.2) is 19.1 Å². The Bertz CT molecular complexity index is 1500. The Morgan fingerprint density at radius 1 is 1.09 bits per heavy atom. The highest BCUT2D eigenvalue weighted by Gasteiger charge is 2.18. The van der Waals surface area contributed by atoms with E-state index in [1.807, 2.05) is 24.3 Å². The Balaban J connectivity index is 1.48. The third-order valence-electron chi connectivity index (χ3n) is 5.41. The van der Waals surface area contributed by atoms with Crippen LogP contribution >= 0.6 is 0 Å². The maximum absolute atomic E-state index is 14.7. The van der Waals surface area contributed by atoms with Crippen molar-refractivity contribution in [3.8, 4) is 11.3 Å². The summed E-state index contributed by atoms with van der Waals surface area (Å²) in [5.41, 5.74) is 4.18. The molecule has 8 nitrogen and oxygen atoms in total. The Kier molecular flexibility index (Phi) is 5.23. The van der Waals surface area contributed by atoms with Gasteiger partial charge < -0.3 is 0 Å². The molecule has 0 aliphatic rings. The summed E-state index contributed by atoms with van der Waals surface area (Å²) in [5, 5.41) is 10.4. The van der Waals surface area contributed by atoms with Crippen molar-refractivity contribution in [3.63, 3.8) is 0 Å². The van der Waals surface area contributed by atoms with Crippen LogP contribution in [0.15, 0.2) is 66.9 Å². The minimum absolute atomic E-state index is 0.0818. The van der Waals surface area contributed by atoms with Gasteiger partial charge in [0.15, 0.2) is 5.65 Å². The molecule has 164 valence electrons. The van der Waals surface area contributed by atoms with Gasteiger partial charge in [-0.2, -0.15) is 0 Å². The molecule has 0 bridgehead atoms. The molecule has 0 saturated carbocycles. The lowest BCUT2D eigenvalue weighted by Gasteiger charge is -2.14. The molecule has 0 saturated heterocycles. The highest BCUT2D eigenvalue weighted by Crippen LogP contribution is 2.24. The molecule has 0 aliphatic heterocycles. The number of hydrogen-bond acceptors (Lipinski definition) is 6. The summed E-state index contributed by atoms with van der Waals surface area (Å²) in [4.78, 5) is 26.1. The van der Waals surface area contributed by atoms with Gasteiger partial charge in [0.2, 0.25) is 0 Å². The molecule has 0 radical (unpaired) electrons. The first-order valence-electron chi connectivity index (χ1n) is 10.2. The summed E-state index contributed by atoms with van der Waals surface area (Å²) in [6.07, 6.45) is 1.76. The number of halogens is 1. The van der Waals surface area contributed by atoms with Crippen LogP contribution in [0.3, 0.4) is 0 Å². The highest BCUT2D eigenvalue weighted by atomic mass is 19.1. The lowest BCUT2D eigenvalue weighted by Crippen LogP contribution is -2.26. The molecule has 0 N–H and O–H groups in total. The zero-order chi connectivity index (χ0) is 22.9. The number of hydrogen-bond donors (Lipinski definition) is 0. The molecule has 1 amide bonds. The van der Waals surface area contributed by atoms with Crippen LogP contribution < -0.4 is 0 Å². The third-order valence-corrected chi connectivity index (χ3v) is 5.41. The van der Waals surface area contributed by atoms with Crippen LogP contribution in [0.5, 0.6) is 0 Å². The van der Waals surface area contributed by atoms with Crippen molar-refractivity contribution in [3.05, 3.63) is 83.8 Å². The molecule has 0 fully saturated rings. The van der Waals surface area contributed by atoms with Crippen LogP contribution in [0.2, 0.25) is 0 Å². The molecular weight excluding hydrogens is 423 g/mol. The minimum atomic E-state index is -0.653. The second kappa shape index (κ2) is 8.36. The number of nitrogens with zero attached hydrogens (tertiary/aromatic N) is 6. The van der Waals surface area contributed by atoms with Gasteiger partial charge in [0.25, 0.3) is 5.91 Å². The van der Waals surface area contributed by atoms with Gasteiger partial charge in [0.05, 0.1) is 30.4 Å². The van der Waals surface area contributed by atoms with Crippen molar-refractivity contribution >= 4 is 28.0 Å². The lowest BCUT2D eigenvalue weighted by atomic mass is 10.1. The van der Waals surface area contributed by atoms with E-state index < -0.39 is 11.7 Å². The van der Waals surface area contributed by atoms with E-state index in [1.165, 1.54) is 26.3 Å². The number of benzene rings is 2. The average molecular weight is 442 g/mol. The predicted molar refractivity (Wildman–Crippen MR) is 121 cm³/mol. The predicted octanol–water partition coefficient (Wildman–Crippen LogP) is 3.86. The second-order valence-electron chi connectivity index (χ2n) is 7.50. The van der Waals surface area contributed by atoms with Gasteiger partial charge in [-0.15, -0.1) is 5.10 Å². The van der Waals surface area contributed by atoms with Crippen molar-refractivity contribution < 1.29 is 14.0 Å². The molecule has 3 heterocycles. The monoisotopic (exact) mass is 442 g/mol. The highest BCUT2D eigenvalue weighted by molar-refractivity contribution is 5.94. The largest absolute Gasteiger partial charge is 0.280 e. The molecular formula is C24H19FN6O2. The van der Waals surface area contributed by atoms with E-state index in [4.69, 9.17) is 4.84 Å². The molecule has 9 heteroatoms. The number of hydroxylamine groups is 2. The topological polar surface area (TPSA) is 86.0 Å². The van der Waals surface area contributed by atoms with E-state index in [9.17, 15) is 9.18 Å². The van der Waals surface area contributed by atoms with Crippen molar-refractivity contribution in [2.24, 2.45) is 0 Å². The number of pyridine rings is 2. The van der Waals surface area contributed by atoms with Crippen LogP contribution in [0.25, 0.3) is 33.3 Å². The van der Waals surface area contributed by atoms with Crippen LogP contribution in [-0.4, -0.2) is 50.1 Å². The van der Waals surface area contributed by atoms with Gasteiger partial charge in [-0.1, -0.05) is 23.4 Å². The van der Waals surface area contributed by atoms with E-state index in [0.717, 1.165) is 21.5 Å². The molecule has 0 aliphatic carbocycles.